The van der Waals surface area contributed by atoms with Gasteiger partial charge < -0.3 is 14.8 Å². The number of carbonyl (C=O) groups is 2. The first-order valence-electron chi connectivity index (χ1n) is 3.96. The van der Waals surface area contributed by atoms with Gasteiger partial charge in [0, 0.05) is 5.57 Å². The Morgan fingerprint density at radius 2 is 2.14 bits per heavy atom. The van der Waals surface area contributed by atoms with Crippen molar-refractivity contribution in [1.82, 2.24) is 5.32 Å². The van der Waals surface area contributed by atoms with Crippen molar-refractivity contribution in [3.8, 4) is 0 Å². The molecule has 0 saturated carbocycles. The summed E-state index contributed by atoms with van der Waals surface area (Å²) >= 11 is 0. The minimum atomic E-state index is -0.633. The number of ether oxygens (including phenoxy) is 2. The van der Waals surface area contributed by atoms with Crippen molar-refractivity contribution in [2.24, 2.45) is 0 Å². The normalized spacial score (nSPS) is 8.64. The van der Waals surface area contributed by atoms with E-state index in [-0.39, 0.29) is 13.2 Å². The van der Waals surface area contributed by atoms with E-state index in [1.807, 2.05) is 0 Å². The summed E-state index contributed by atoms with van der Waals surface area (Å²) in [6.07, 6.45) is 0.376. The molecule has 0 aliphatic rings. The van der Waals surface area contributed by atoms with Gasteiger partial charge in [-0.3, -0.25) is 0 Å². The first-order valence-corrected chi connectivity index (χ1v) is 3.96. The molecule has 0 atom stereocenters. The Bertz CT molecular complexity index is 247. The van der Waals surface area contributed by atoms with Crippen LogP contribution in [0.4, 0.5) is 4.79 Å². The number of hydrogen-bond donors (Lipinski definition) is 1. The molecule has 5 nitrogen and oxygen atoms in total. The Hall–Kier alpha value is -1.78. The highest BCUT2D eigenvalue weighted by atomic mass is 16.5. The van der Waals surface area contributed by atoms with E-state index in [0.29, 0.717) is 5.57 Å². The van der Waals surface area contributed by atoms with Gasteiger partial charge in [-0.2, -0.15) is 0 Å². The van der Waals surface area contributed by atoms with E-state index in [0.717, 1.165) is 6.26 Å². The Morgan fingerprint density at radius 1 is 1.50 bits per heavy atom. The van der Waals surface area contributed by atoms with E-state index in [1.54, 1.807) is 6.92 Å². The molecule has 0 saturated heterocycles. The van der Waals surface area contributed by atoms with Gasteiger partial charge in [0.05, 0.1) is 12.8 Å². The predicted octanol–water partition coefficient (Wildman–Crippen LogP) is 0.975. The average molecular weight is 199 g/mol. The highest BCUT2D eigenvalue weighted by molar-refractivity contribution is 5.86. The summed E-state index contributed by atoms with van der Waals surface area (Å²) in [5.41, 5.74) is 0.318. The van der Waals surface area contributed by atoms with Crippen molar-refractivity contribution in [2.45, 2.75) is 6.92 Å². The quantitative estimate of drug-likeness (QED) is 0.310. The molecule has 1 amide bonds. The summed E-state index contributed by atoms with van der Waals surface area (Å²) in [6.45, 7) is 8.41. The van der Waals surface area contributed by atoms with Crippen LogP contribution < -0.4 is 5.32 Å². The van der Waals surface area contributed by atoms with Crippen molar-refractivity contribution in [3.63, 3.8) is 0 Å². The number of alkyl carbamates (subject to hydrolysis) is 1. The van der Waals surface area contributed by atoms with Gasteiger partial charge in [-0.15, -0.1) is 0 Å². The van der Waals surface area contributed by atoms with Crippen LogP contribution in [0.2, 0.25) is 0 Å². The number of rotatable bonds is 5. The van der Waals surface area contributed by atoms with E-state index in [1.165, 1.54) is 0 Å². The molecule has 0 aliphatic carbocycles. The highest BCUT2D eigenvalue weighted by Crippen LogP contribution is 1.90. The lowest BCUT2D eigenvalue weighted by atomic mass is 10.4. The van der Waals surface area contributed by atoms with Crippen LogP contribution >= 0.6 is 0 Å². The summed E-state index contributed by atoms with van der Waals surface area (Å²) in [5, 5.41) is 2.34. The van der Waals surface area contributed by atoms with E-state index in [9.17, 15) is 9.59 Å². The third kappa shape index (κ3) is 5.82. The fourth-order valence-electron chi connectivity index (χ4n) is 0.537. The molecule has 14 heavy (non-hydrogen) atoms. The lowest BCUT2D eigenvalue weighted by Gasteiger charge is -2.04. The van der Waals surface area contributed by atoms with Crippen molar-refractivity contribution >= 4 is 12.1 Å². The van der Waals surface area contributed by atoms with Gasteiger partial charge >= 0.3 is 12.1 Å². The van der Waals surface area contributed by atoms with Gasteiger partial charge in [-0.1, -0.05) is 13.2 Å². The zero-order valence-electron chi connectivity index (χ0n) is 8.04. The molecule has 0 spiro atoms. The molecule has 0 aromatic carbocycles. The molecule has 0 aromatic rings. The van der Waals surface area contributed by atoms with Crippen LogP contribution in [0.15, 0.2) is 25.0 Å². The largest absolute Gasteiger partial charge is 0.460 e. The molecule has 5 heteroatoms. The third-order valence-electron chi connectivity index (χ3n) is 1.14. The molecule has 78 valence electrons. The lowest BCUT2D eigenvalue weighted by molar-refractivity contribution is -0.138. The minimum absolute atomic E-state index is 0.0813. The number of carbonyl (C=O) groups excluding carboxylic acids is 2. The lowest BCUT2D eigenvalue weighted by Crippen LogP contribution is -2.27. The summed E-state index contributed by atoms with van der Waals surface area (Å²) in [4.78, 5) is 21.5. The van der Waals surface area contributed by atoms with Crippen LogP contribution in [-0.2, 0) is 14.3 Å². The summed E-state index contributed by atoms with van der Waals surface area (Å²) in [6, 6.07) is 0. The number of esters is 1. The molecule has 0 fully saturated rings. The van der Waals surface area contributed by atoms with Gasteiger partial charge in [0.25, 0.3) is 0 Å². The van der Waals surface area contributed by atoms with E-state index < -0.39 is 12.1 Å². The van der Waals surface area contributed by atoms with Crippen molar-refractivity contribution in [1.29, 1.82) is 0 Å². The maximum Gasteiger partial charge on any atom is 0.412 e. The van der Waals surface area contributed by atoms with Crippen molar-refractivity contribution in [3.05, 3.63) is 25.0 Å². The van der Waals surface area contributed by atoms with E-state index >= 15 is 0 Å². The highest BCUT2D eigenvalue weighted by Gasteiger charge is 2.03. The second-order valence-electron chi connectivity index (χ2n) is 2.42. The van der Waals surface area contributed by atoms with Gasteiger partial charge in [0.1, 0.15) is 6.61 Å². The van der Waals surface area contributed by atoms with Crippen molar-refractivity contribution in [2.75, 3.05) is 13.2 Å². The number of amides is 1. The molecule has 0 bridgehead atoms. The smallest absolute Gasteiger partial charge is 0.412 e. The Balaban J connectivity index is 3.47. The van der Waals surface area contributed by atoms with Crippen LogP contribution in [0, 0.1) is 0 Å². The molecule has 0 aromatic heterocycles. The molecule has 0 heterocycles. The maximum atomic E-state index is 10.8. The Labute approximate surface area is 82.4 Å². The SMILES string of the molecule is C=COC(=O)NCCOC(=O)C(=C)C. The predicted molar refractivity (Wildman–Crippen MR) is 50.5 cm³/mol. The van der Waals surface area contributed by atoms with Gasteiger partial charge in [0.15, 0.2) is 0 Å². The topological polar surface area (TPSA) is 64.6 Å². The molecule has 0 rings (SSSR count). The van der Waals surface area contributed by atoms with Crippen LogP contribution in [0.1, 0.15) is 6.92 Å². The summed E-state index contributed by atoms with van der Waals surface area (Å²) in [5.74, 6) is -0.483. The molecule has 0 aliphatic heterocycles. The molecule has 1 N–H and O–H groups in total. The average Bonchev–Trinajstić information content (AvgIpc) is 2.12. The Morgan fingerprint density at radius 3 is 2.64 bits per heavy atom. The molecule has 0 radical (unpaired) electrons. The fourth-order valence-corrected chi connectivity index (χ4v) is 0.537. The van der Waals surface area contributed by atoms with E-state index in [2.05, 4.69) is 23.2 Å². The maximum absolute atomic E-state index is 10.8. The minimum Gasteiger partial charge on any atom is -0.460 e. The van der Waals surface area contributed by atoms with Gasteiger partial charge in [-0.25, -0.2) is 9.59 Å². The monoisotopic (exact) mass is 199 g/mol. The number of hydrogen-bond acceptors (Lipinski definition) is 4. The third-order valence-corrected chi connectivity index (χ3v) is 1.14. The van der Waals surface area contributed by atoms with Gasteiger partial charge in [0.2, 0.25) is 0 Å². The second-order valence-corrected chi connectivity index (χ2v) is 2.42. The molecular weight excluding hydrogens is 186 g/mol. The second kappa shape index (κ2) is 6.71. The Kier molecular flexibility index (Phi) is 5.85. The zero-order valence-corrected chi connectivity index (χ0v) is 8.04. The zero-order chi connectivity index (χ0) is 11.0. The van der Waals surface area contributed by atoms with Crippen LogP contribution in [0.3, 0.4) is 0 Å². The first kappa shape index (κ1) is 12.2. The molecule has 0 unspecified atom stereocenters. The van der Waals surface area contributed by atoms with Crippen LogP contribution in [0.25, 0.3) is 0 Å². The summed E-state index contributed by atoms with van der Waals surface area (Å²) in [7, 11) is 0. The van der Waals surface area contributed by atoms with Crippen LogP contribution in [0.5, 0.6) is 0 Å². The van der Waals surface area contributed by atoms with Gasteiger partial charge in [-0.05, 0) is 6.92 Å². The summed E-state index contributed by atoms with van der Waals surface area (Å²) < 4.78 is 9.05. The standard InChI is InChI=1S/C9H13NO4/c1-4-13-9(12)10-5-6-14-8(11)7(2)3/h4H,1-2,5-6H2,3H3,(H,10,12). The van der Waals surface area contributed by atoms with E-state index in [4.69, 9.17) is 4.74 Å². The fraction of sp³-hybridized carbons (Fsp3) is 0.333. The molecular formula is C9H13NO4. The first-order chi connectivity index (χ1) is 6.57. The van der Waals surface area contributed by atoms with Crippen molar-refractivity contribution < 1.29 is 19.1 Å². The number of nitrogens with one attached hydrogen (secondary N) is 1. The van der Waals surface area contributed by atoms with Crippen LogP contribution in [-0.4, -0.2) is 25.2 Å².